The molecule has 0 aromatic heterocycles. The van der Waals surface area contributed by atoms with Gasteiger partial charge in [0.05, 0.1) is 17.9 Å². The van der Waals surface area contributed by atoms with Crippen molar-refractivity contribution in [3.05, 3.63) is 59.7 Å². The van der Waals surface area contributed by atoms with Gasteiger partial charge in [-0.25, -0.2) is 4.99 Å². The van der Waals surface area contributed by atoms with Crippen molar-refractivity contribution in [2.75, 3.05) is 18.1 Å². The van der Waals surface area contributed by atoms with Gasteiger partial charge in [-0.2, -0.15) is 0 Å². The Hall–Kier alpha value is -3.48. The lowest BCUT2D eigenvalue weighted by atomic mass is 9.81. The Balaban J connectivity index is 1.36. The van der Waals surface area contributed by atoms with E-state index in [0.717, 1.165) is 43.2 Å². The highest BCUT2D eigenvalue weighted by Gasteiger charge is 2.42. The van der Waals surface area contributed by atoms with Gasteiger partial charge in [-0.1, -0.05) is 68.1 Å². The number of anilines is 1. The van der Waals surface area contributed by atoms with Crippen molar-refractivity contribution in [2.45, 2.75) is 51.6 Å². The number of carbonyl (C=O) groups is 3. The molecule has 0 radical (unpaired) electrons. The number of nitrogens with one attached hydrogen (secondary N) is 1. The van der Waals surface area contributed by atoms with E-state index in [2.05, 4.69) is 5.32 Å². The molecule has 3 atom stereocenters. The average Bonchev–Trinajstić information content (AvgIpc) is 3.83. The van der Waals surface area contributed by atoms with E-state index in [0.29, 0.717) is 48.6 Å². The second kappa shape index (κ2) is 9.77. The summed E-state index contributed by atoms with van der Waals surface area (Å²) in [4.78, 5) is 47.0. The van der Waals surface area contributed by atoms with E-state index in [1.807, 2.05) is 48.5 Å². The summed E-state index contributed by atoms with van der Waals surface area (Å²) in [5.74, 6) is 0.477. The average molecular weight is 500 g/mol. The number of benzene rings is 2. The Morgan fingerprint density at radius 3 is 2.38 bits per heavy atom. The van der Waals surface area contributed by atoms with Gasteiger partial charge in [0.25, 0.3) is 5.91 Å². The minimum Gasteiger partial charge on any atom is -0.490 e. The summed E-state index contributed by atoms with van der Waals surface area (Å²) >= 11 is 0. The lowest BCUT2D eigenvalue weighted by Crippen LogP contribution is -2.51. The predicted octanol–water partition coefficient (Wildman–Crippen LogP) is 4.13. The molecule has 0 spiro atoms. The molecule has 2 amide bonds. The quantitative estimate of drug-likeness (QED) is 0.562. The number of hydrogen-bond donors (Lipinski definition) is 1. The molecule has 2 aromatic rings. The van der Waals surface area contributed by atoms with Crippen LogP contribution in [0.1, 0.15) is 56.6 Å². The standard InChI is InChI=1S/C30H33N3O4/c1-18(34)23(16-19-10-11-19)24(17-20-12-13-20)29(35)32-28-30(36)33-14-15-37-25-9-5-8-22(27(25)33)26(31-28)21-6-3-2-4-7-21/h2-9,19-20,23-24,28H,10-17H2,1H3,(H,32,35)/t23-,24-,28-/m1/s1. The first-order valence-electron chi connectivity index (χ1n) is 13.5. The molecule has 1 N–H and O–H groups in total. The zero-order valence-corrected chi connectivity index (χ0v) is 21.2. The van der Waals surface area contributed by atoms with Crippen LogP contribution in [0.2, 0.25) is 0 Å². The van der Waals surface area contributed by atoms with Crippen LogP contribution < -0.4 is 15.0 Å². The summed E-state index contributed by atoms with van der Waals surface area (Å²) < 4.78 is 5.89. The number of ether oxygens (including phenoxy) is 1. The van der Waals surface area contributed by atoms with Gasteiger partial charge in [-0.05, 0) is 37.7 Å². The van der Waals surface area contributed by atoms with Crippen LogP contribution in [-0.4, -0.2) is 42.6 Å². The summed E-state index contributed by atoms with van der Waals surface area (Å²) in [6.07, 6.45) is 4.84. The molecule has 7 nitrogen and oxygen atoms in total. The largest absolute Gasteiger partial charge is 0.490 e. The highest BCUT2D eigenvalue weighted by molar-refractivity contribution is 6.21. The van der Waals surface area contributed by atoms with Crippen LogP contribution in [0.5, 0.6) is 5.75 Å². The molecule has 0 saturated heterocycles. The van der Waals surface area contributed by atoms with Gasteiger partial charge in [0.2, 0.25) is 12.1 Å². The molecular formula is C30H33N3O4. The van der Waals surface area contributed by atoms with Gasteiger partial charge in [0.1, 0.15) is 18.1 Å². The molecule has 37 heavy (non-hydrogen) atoms. The fourth-order valence-corrected chi connectivity index (χ4v) is 5.74. The highest BCUT2D eigenvalue weighted by atomic mass is 16.5. The van der Waals surface area contributed by atoms with E-state index in [9.17, 15) is 14.4 Å². The molecule has 7 heteroatoms. The van der Waals surface area contributed by atoms with Crippen LogP contribution in [0, 0.1) is 23.7 Å². The zero-order valence-electron chi connectivity index (χ0n) is 21.2. The number of rotatable bonds is 9. The Morgan fingerprint density at radius 2 is 1.70 bits per heavy atom. The summed E-state index contributed by atoms with van der Waals surface area (Å²) in [6.45, 7) is 2.37. The molecule has 2 aliphatic heterocycles. The summed E-state index contributed by atoms with van der Waals surface area (Å²) in [6, 6.07) is 15.4. The third-order valence-electron chi connectivity index (χ3n) is 8.09. The number of carbonyl (C=O) groups excluding carboxylic acids is 3. The van der Waals surface area contributed by atoms with Crippen molar-refractivity contribution < 1.29 is 19.1 Å². The fourth-order valence-electron chi connectivity index (χ4n) is 5.74. The number of para-hydroxylation sites is 1. The number of nitrogens with zero attached hydrogens (tertiary/aromatic N) is 2. The third kappa shape index (κ3) is 4.91. The number of amides is 2. The van der Waals surface area contributed by atoms with Crippen molar-refractivity contribution >= 4 is 29.0 Å². The Bertz CT molecular complexity index is 1250. The fraction of sp³-hybridized carbons (Fsp3) is 0.467. The monoisotopic (exact) mass is 499 g/mol. The molecule has 0 unspecified atom stereocenters. The molecular weight excluding hydrogens is 466 g/mol. The van der Waals surface area contributed by atoms with E-state index < -0.39 is 12.1 Å². The first-order valence-corrected chi connectivity index (χ1v) is 13.5. The van der Waals surface area contributed by atoms with Crippen molar-refractivity contribution in [3.63, 3.8) is 0 Å². The van der Waals surface area contributed by atoms with E-state index in [4.69, 9.17) is 9.73 Å². The normalized spacial score (nSPS) is 22.2. The third-order valence-corrected chi connectivity index (χ3v) is 8.09. The van der Waals surface area contributed by atoms with Crippen LogP contribution in [0.3, 0.4) is 0 Å². The van der Waals surface area contributed by atoms with E-state index in [1.165, 1.54) is 0 Å². The zero-order chi connectivity index (χ0) is 25.5. The molecule has 2 fully saturated rings. The first-order chi connectivity index (χ1) is 18.0. The molecule has 2 saturated carbocycles. The first kappa shape index (κ1) is 23.9. The maximum Gasteiger partial charge on any atom is 0.272 e. The predicted molar refractivity (Wildman–Crippen MR) is 141 cm³/mol. The topological polar surface area (TPSA) is 88.1 Å². The Morgan fingerprint density at radius 1 is 1.00 bits per heavy atom. The molecule has 4 aliphatic rings. The van der Waals surface area contributed by atoms with Crippen LogP contribution in [0.25, 0.3) is 0 Å². The minimum absolute atomic E-state index is 0.0681. The Kier molecular flexibility index (Phi) is 6.31. The number of hydrogen-bond acceptors (Lipinski definition) is 5. The van der Waals surface area contributed by atoms with Crippen molar-refractivity contribution in [2.24, 2.45) is 28.7 Å². The molecule has 2 aliphatic carbocycles. The maximum absolute atomic E-state index is 13.9. The lowest BCUT2D eigenvalue weighted by molar-refractivity contribution is -0.135. The van der Waals surface area contributed by atoms with Crippen molar-refractivity contribution in [1.82, 2.24) is 5.32 Å². The number of Topliss-reactive ketones (excluding diaryl/α,β-unsaturated/α-hetero) is 1. The van der Waals surface area contributed by atoms with Gasteiger partial charge in [0.15, 0.2) is 0 Å². The Labute approximate surface area is 217 Å². The van der Waals surface area contributed by atoms with Gasteiger partial charge >= 0.3 is 0 Å². The van der Waals surface area contributed by atoms with Gasteiger partial charge in [0, 0.05) is 23.0 Å². The lowest BCUT2D eigenvalue weighted by Gasteiger charge is -2.31. The minimum atomic E-state index is -1.07. The van der Waals surface area contributed by atoms with Crippen LogP contribution in [0.15, 0.2) is 53.5 Å². The van der Waals surface area contributed by atoms with E-state index >= 15 is 0 Å². The van der Waals surface area contributed by atoms with Crippen LogP contribution in [-0.2, 0) is 14.4 Å². The summed E-state index contributed by atoms with van der Waals surface area (Å²) in [5, 5.41) is 3.00. The summed E-state index contributed by atoms with van der Waals surface area (Å²) in [7, 11) is 0. The van der Waals surface area contributed by atoms with Crippen molar-refractivity contribution in [3.8, 4) is 5.75 Å². The smallest absolute Gasteiger partial charge is 0.272 e. The molecule has 0 bridgehead atoms. The summed E-state index contributed by atoms with van der Waals surface area (Å²) in [5.41, 5.74) is 3.01. The number of ketones is 1. The van der Waals surface area contributed by atoms with Gasteiger partial charge in [-0.3, -0.25) is 14.4 Å². The van der Waals surface area contributed by atoms with Crippen LogP contribution >= 0.6 is 0 Å². The second-order valence-corrected chi connectivity index (χ2v) is 10.9. The van der Waals surface area contributed by atoms with Gasteiger partial charge in [-0.15, -0.1) is 0 Å². The molecule has 192 valence electrons. The van der Waals surface area contributed by atoms with Crippen molar-refractivity contribution in [1.29, 1.82) is 0 Å². The SMILES string of the molecule is CC(=O)[C@@H](CC1CC1)[C@@H](CC1CC1)C(=O)N[C@H]1N=C(c2ccccc2)c2cccc3c2N(CCO3)C1=O. The van der Waals surface area contributed by atoms with Crippen LogP contribution in [0.4, 0.5) is 5.69 Å². The molecule has 6 rings (SSSR count). The van der Waals surface area contributed by atoms with E-state index in [-0.39, 0.29) is 23.5 Å². The molecule has 2 aromatic carbocycles. The maximum atomic E-state index is 13.9. The van der Waals surface area contributed by atoms with Gasteiger partial charge < -0.3 is 15.0 Å². The number of aliphatic imine (C=N–C) groups is 1. The van der Waals surface area contributed by atoms with E-state index in [1.54, 1.807) is 11.8 Å². The molecule has 2 heterocycles. The highest BCUT2D eigenvalue weighted by Crippen LogP contribution is 2.43. The second-order valence-electron chi connectivity index (χ2n) is 10.9.